The van der Waals surface area contributed by atoms with E-state index in [9.17, 15) is 14.4 Å². The Morgan fingerprint density at radius 1 is 1.28 bits per heavy atom. The summed E-state index contributed by atoms with van der Waals surface area (Å²) in [5.74, 6) is -2.20. The molecule has 2 atom stereocenters. The number of carboxylic acid groups (broad SMARTS) is 2. The molecular weight excluding hydrogens is 260 g/mol. The second-order valence-electron chi connectivity index (χ2n) is 3.72. The highest BCUT2D eigenvalue weighted by Gasteiger charge is 2.23. The van der Waals surface area contributed by atoms with Crippen LogP contribution in [0.5, 0.6) is 0 Å². The van der Waals surface area contributed by atoms with E-state index in [1.165, 1.54) is 11.8 Å². The van der Waals surface area contributed by atoms with Crippen LogP contribution in [0.1, 0.15) is 19.3 Å². The van der Waals surface area contributed by atoms with Crippen molar-refractivity contribution in [3.05, 3.63) is 0 Å². The molecule has 8 heteroatoms. The number of rotatable bonds is 9. The molecule has 0 unspecified atom stereocenters. The first-order valence-electron chi connectivity index (χ1n) is 5.38. The zero-order chi connectivity index (χ0) is 14.1. The van der Waals surface area contributed by atoms with E-state index in [0.717, 1.165) is 0 Å². The Morgan fingerprint density at radius 2 is 1.89 bits per heavy atom. The van der Waals surface area contributed by atoms with Gasteiger partial charge >= 0.3 is 11.9 Å². The minimum atomic E-state index is -1.12. The maximum absolute atomic E-state index is 11.5. The Balaban J connectivity index is 4.22. The van der Waals surface area contributed by atoms with Gasteiger partial charge in [0.2, 0.25) is 5.91 Å². The van der Waals surface area contributed by atoms with Gasteiger partial charge in [-0.1, -0.05) is 0 Å². The van der Waals surface area contributed by atoms with Crippen LogP contribution in [-0.2, 0) is 14.4 Å². The van der Waals surface area contributed by atoms with E-state index in [1.807, 2.05) is 6.26 Å². The molecule has 0 fully saturated rings. The highest BCUT2D eigenvalue weighted by atomic mass is 32.2. The van der Waals surface area contributed by atoms with Crippen molar-refractivity contribution < 1.29 is 24.6 Å². The molecule has 0 bridgehead atoms. The molecule has 0 aliphatic carbocycles. The van der Waals surface area contributed by atoms with E-state index in [0.29, 0.717) is 12.2 Å². The average Bonchev–Trinajstić information content (AvgIpc) is 2.30. The van der Waals surface area contributed by atoms with E-state index < -0.39 is 29.9 Å². The predicted octanol–water partition coefficient (Wildman–Crippen LogP) is -0.499. The van der Waals surface area contributed by atoms with Crippen LogP contribution in [0.25, 0.3) is 0 Å². The van der Waals surface area contributed by atoms with Crippen LogP contribution in [0.15, 0.2) is 0 Å². The Hall–Kier alpha value is -1.28. The van der Waals surface area contributed by atoms with Crippen LogP contribution < -0.4 is 11.1 Å². The largest absolute Gasteiger partial charge is 0.481 e. The summed E-state index contributed by atoms with van der Waals surface area (Å²) in [6, 6.07) is -1.99. The topological polar surface area (TPSA) is 130 Å². The molecule has 0 rings (SSSR count). The molecule has 0 saturated heterocycles. The van der Waals surface area contributed by atoms with Crippen LogP contribution in [0, 0.1) is 0 Å². The summed E-state index contributed by atoms with van der Waals surface area (Å²) in [6.45, 7) is 0. The highest BCUT2D eigenvalue weighted by molar-refractivity contribution is 7.98. The number of aliphatic carboxylic acids is 2. The van der Waals surface area contributed by atoms with Gasteiger partial charge in [-0.15, -0.1) is 0 Å². The molecule has 0 heterocycles. The van der Waals surface area contributed by atoms with Crippen molar-refractivity contribution in [2.24, 2.45) is 5.73 Å². The van der Waals surface area contributed by atoms with E-state index in [-0.39, 0.29) is 12.8 Å². The van der Waals surface area contributed by atoms with Gasteiger partial charge in [0.15, 0.2) is 0 Å². The molecule has 0 aromatic heterocycles. The summed E-state index contributed by atoms with van der Waals surface area (Å²) < 4.78 is 0. The first-order chi connectivity index (χ1) is 8.38. The Kier molecular flexibility index (Phi) is 8.14. The number of carbonyl (C=O) groups excluding carboxylic acids is 1. The monoisotopic (exact) mass is 278 g/mol. The molecule has 5 N–H and O–H groups in total. The number of amides is 1. The summed E-state index contributed by atoms with van der Waals surface area (Å²) in [5.41, 5.74) is 5.47. The van der Waals surface area contributed by atoms with Gasteiger partial charge in [-0.3, -0.25) is 9.59 Å². The minimum absolute atomic E-state index is 0.0178. The fraction of sp³-hybridized carbons (Fsp3) is 0.700. The maximum Gasteiger partial charge on any atom is 0.326 e. The van der Waals surface area contributed by atoms with Crippen molar-refractivity contribution in [1.82, 2.24) is 5.32 Å². The quantitative estimate of drug-likeness (QED) is 0.447. The lowest BCUT2D eigenvalue weighted by atomic mass is 10.1. The average molecular weight is 278 g/mol. The summed E-state index contributed by atoms with van der Waals surface area (Å²) in [7, 11) is 0. The molecule has 0 aliphatic heterocycles. The van der Waals surface area contributed by atoms with E-state index in [4.69, 9.17) is 15.9 Å². The van der Waals surface area contributed by atoms with E-state index in [1.54, 1.807) is 0 Å². The number of carbonyl (C=O) groups is 3. The number of nitrogens with one attached hydrogen (secondary N) is 1. The van der Waals surface area contributed by atoms with Gasteiger partial charge in [-0.25, -0.2) is 4.79 Å². The van der Waals surface area contributed by atoms with Crippen LogP contribution in [0.4, 0.5) is 0 Å². The predicted molar refractivity (Wildman–Crippen MR) is 67.4 cm³/mol. The van der Waals surface area contributed by atoms with Crippen molar-refractivity contribution >= 4 is 29.6 Å². The number of nitrogens with two attached hydrogens (primary N) is 1. The van der Waals surface area contributed by atoms with Gasteiger partial charge in [0.1, 0.15) is 6.04 Å². The second-order valence-corrected chi connectivity index (χ2v) is 4.71. The van der Waals surface area contributed by atoms with Gasteiger partial charge in [0, 0.05) is 6.42 Å². The lowest BCUT2D eigenvalue weighted by Gasteiger charge is -2.17. The molecule has 1 amide bonds. The van der Waals surface area contributed by atoms with E-state index in [2.05, 4.69) is 5.32 Å². The summed E-state index contributed by atoms with van der Waals surface area (Å²) in [5, 5.41) is 19.6. The molecule has 0 aromatic rings. The van der Waals surface area contributed by atoms with Crippen molar-refractivity contribution in [2.45, 2.75) is 31.3 Å². The van der Waals surface area contributed by atoms with Gasteiger partial charge in [0.25, 0.3) is 0 Å². The fourth-order valence-electron chi connectivity index (χ4n) is 1.18. The lowest BCUT2D eigenvalue weighted by molar-refractivity contribution is -0.142. The first kappa shape index (κ1) is 16.7. The van der Waals surface area contributed by atoms with Gasteiger partial charge in [-0.05, 0) is 24.9 Å². The molecule has 18 heavy (non-hydrogen) atoms. The van der Waals surface area contributed by atoms with Crippen molar-refractivity contribution in [2.75, 3.05) is 12.0 Å². The van der Waals surface area contributed by atoms with Crippen LogP contribution in [0.3, 0.4) is 0 Å². The molecule has 0 spiro atoms. The SMILES string of the molecule is CSCC[C@@H](NC(=O)[C@@H](N)CCC(=O)O)C(=O)O. The van der Waals surface area contributed by atoms with Gasteiger partial charge in [0.05, 0.1) is 6.04 Å². The zero-order valence-corrected chi connectivity index (χ0v) is 10.9. The fourth-order valence-corrected chi connectivity index (χ4v) is 1.65. The van der Waals surface area contributed by atoms with Crippen LogP contribution >= 0.6 is 11.8 Å². The molecule has 104 valence electrons. The summed E-state index contributed by atoms with van der Waals surface area (Å²) in [6.07, 6.45) is 1.89. The van der Waals surface area contributed by atoms with Gasteiger partial charge < -0.3 is 21.3 Å². The van der Waals surface area contributed by atoms with Crippen LogP contribution in [0.2, 0.25) is 0 Å². The third-order valence-electron chi connectivity index (χ3n) is 2.23. The number of hydrogen-bond donors (Lipinski definition) is 4. The highest BCUT2D eigenvalue weighted by Crippen LogP contribution is 2.02. The standard InChI is InChI=1S/C10H18N2O5S/c1-18-5-4-7(10(16)17)12-9(15)6(11)2-3-8(13)14/h6-7H,2-5,11H2,1H3,(H,12,15)(H,13,14)(H,16,17)/t6-,7+/m0/s1. The lowest BCUT2D eigenvalue weighted by Crippen LogP contribution is -2.48. The molecule has 7 nitrogen and oxygen atoms in total. The Labute approximate surface area is 109 Å². The zero-order valence-electron chi connectivity index (χ0n) is 10.1. The smallest absolute Gasteiger partial charge is 0.326 e. The Morgan fingerprint density at radius 3 is 2.33 bits per heavy atom. The van der Waals surface area contributed by atoms with Crippen LogP contribution in [-0.4, -0.2) is 52.2 Å². The summed E-state index contributed by atoms with van der Waals surface area (Å²) in [4.78, 5) is 32.7. The molecule has 0 aromatic carbocycles. The molecule has 0 aliphatic rings. The van der Waals surface area contributed by atoms with Crippen molar-refractivity contribution in [1.29, 1.82) is 0 Å². The normalized spacial score (nSPS) is 13.7. The molecular formula is C10H18N2O5S. The number of thioether (sulfide) groups is 1. The second kappa shape index (κ2) is 8.76. The van der Waals surface area contributed by atoms with Crippen molar-refractivity contribution in [3.63, 3.8) is 0 Å². The Bertz CT molecular complexity index is 311. The van der Waals surface area contributed by atoms with Crippen molar-refractivity contribution in [3.8, 4) is 0 Å². The van der Waals surface area contributed by atoms with Gasteiger partial charge in [-0.2, -0.15) is 11.8 Å². The molecule has 0 saturated carbocycles. The van der Waals surface area contributed by atoms with E-state index >= 15 is 0 Å². The number of carboxylic acids is 2. The summed E-state index contributed by atoms with van der Waals surface area (Å²) >= 11 is 1.47. The maximum atomic E-state index is 11.5. The molecule has 0 radical (unpaired) electrons. The third kappa shape index (κ3) is 7.13. The third-order valence-corrected chi connectivity index (χ3v) is 2.88. The first-order valence-corrected chi connectivity index (χ1v) is 6.77. The number of hydrogen-bond acceptors (Lipinski definition) is 5. The minimum Gasteiger partial charge on any atom is -0.481 e.